The first kappa shape index (κ1) is 18.6. The number of piperazine rings is 1. The van der Waals surface area contributed by atoms with Crippen LogP contribution in [0.3, 0.4) is 0 Å². The summed E-state index contributed by atoms with van der Waals surface area (Å²) in [5.74, 6) is -0.233. The monoisotopic (exact) mass is 406 g/mol. The van der Waals surface area contributed by atoms with Crippen LogP contribution in [0.25, 0.3) is 11.5 Å². The van der Waals surface area contributed by atoms with E-state index < -0.39 is 5.97 Å². The third-order valence-corrected chi connectivity index (χ3v) is 5.71. The third kappa shape index (κ3) is 3.37. The Labute approximate surface area is 173 Å². The Hall–Kier alpha value is -3.46. The molecule has 9 heteroatoms. The number of likely N-dealkylation sites (N-methyl/N-ethyl adjacent to an activating group) is 1. The number of rotatable bonds is 4. The molecule has 1 saturated heterocycles. The molecule has 1 aliphatic carbocycles. The summed E-state index contributed by atoms with van der Waals surface area (Å²) in [5.41, 5.74) is 4.16. The number of hydrogen-bond acceptors (Lipinski definition) is 8. The van der Waals surface area contributed by atoms with E-state index in [2.05, 4.69) is 49.4 Å². The van der Waals surface area contributed by atoms with Gasteiger partial charge in [-0.05, 0) is 44.2 Å². The molecule has 154 valence electrons. The first-order valence-electron chi connectivity index (χ1n) is 9.97. The minimum atomic E-state index is -1.09. The smallest absolute Gasteiger partial charge is 0.358 e. The standard InChI is InChI=1S/C21H22N6O3/c1-26-8-10-27(11-9-26)15-5-3-14(4-6-15)23-21-22-12-13-2-7-16-18(20(28)29)25-30-19(16)17(13)24-21/h3-6,12H,2,7-11H2,1H3,(H,28,29)(H,22,23,24). The van der Waals surface area contributed by atoms with Gasteiger partial charge < -0.3 is 24.7 Å². The van der Waals surface area contributed by atoms with Crippen LogP contribution >= 0.6 is 0 Å². The number of carbonyl (C=O) groups is 1. The highest BCUT2D eigenvalue weighted by Gasteiger charge is 2.29. The molecule has 0 spiro atoms. The fraction of sp³-hybridized carbons (Fsp3) is 0.333. The molecule has 0 bridgehead atoms. The van der Waals surface area contributed by atoms with Crippen molar-refractivity contribution in [2.24, 2.45) is 0 Å². The van der Waals surface area contributed by atoms with Crippen LogP contribution in [0.4, 0.5) is 17.3 Å². The van der Waals surface area contributed by atoms with Gasteiger partial charge in [0.15, 0.2) is 11.5 Å². The number of hydrogen-bond donors (Lipinski definition) is 2. The number of anilines is 3. The zero-order valence-corrected chi connectivity index (χ0v) is 16.6. The van der Waals surface area contributed by atoms with E-state index >= 15 is 0 Å². The van der Waals surface area contributed by atoms with Crippen molar-refractivity contribution < 1.29 is 14.4 Å². The second kappa shape index (κ2) is 7.42. The van der Waals surface area contributed by atoms with Gasteiger partial charge in [-0.1, -0.05) is 5.16 Å². The largest absolute Gasteiger partial charge is 0.476 e. The molecule has 1 aromatic carbocycles. The summed E-state index contributed by atoms with van der Waals surface area (Å²) in [6, 6.07) is 8.22. The van der Waals surface area contributed by atoms with Gasteiger partial charge >= 0.3 is 5.97 Å². The van der Waals surface area contributed by atoms with Crippen LogP contribution < -0.4 is 10.2 Å². The van der Waals surface area contributed by atoms with Crippen molar-refractivity contribution in [1.82, 2.24) is 20.0 Å². The summed E-state index contributed by atoms with van der Waals surface area (Å²) in [5, 5.41) is 16.2. The number of benzene rings is 1. The molecular weight excluding hydrogens is 384 g/mol. The maximum absolute atomic E-state index is 11.3. The average molecular weight is 406 g/mol. The van der Waals surface area contributed by atoms with E-state index in [4.69, 9.17) is 4.52 Å². The molecule has 3 heterocycles. The molecule has 30 heavy (non-hydrogen) atoms. The molecule has 0 radical (unpaired) electrons. The van der Waals surface area contributed by atoms with Crippen molar-refractivity contribution in [1.29, 1.82) is 0 Å². The van der Waals surface area contributed by atoms with Crippen LogP contribution in [-0.2, 0) is 12.8 Å². The van der Waals surface area contributed by atoms with Gasteiger partial charge in [-0.2, -0.15) is 0 Å². The van der Waals surface area contributed by atoms with E-state index in [-0.39, 0.29) is 5.69 Å². The Kier molecular flexibility index (Phi) is 4.59. The molecule has 0 saturated carbocycles. The minimum Gasteiger partial charge on any atom is -0.476 e. The number of carboxylic acid groups (broad SMARTS) is 1. The van der Waals surface area contributed by atoms with Crippen LogP contribution in [0.15, 0.2) is 35.0 Å². The van der Waals surface area contributed by atoms with Gasteiger partial charge in [-0.15, -0.1) is 0 Å². The Morgan fingerprint density at radius 2 is 1.90 bits per heavy atom. The van der Waals surface area contributed by atoms with Crippen molar-refractivity contribution in [2.75, 3.05) is 43.4 Å². The van der Waals surface area contributed by atoms with Gasteiger partial charge in [-0.25, -0.2) is 14.8 Å². The molecule has 2 aliphatic rings. The van der Waals surface area contributed by atoms with E-state index in [1.54, 1.807) is 6.20 Å². The highest BCUT2D eigenvalue weighted by Crippen LogP contribution is 2.34. The molecule has 3 aromatic rings. The maximum atomic E-state index is 11.3. The Balaban J connectivity index is 1.36. The lowest BCUT2D eigenvalue weighted by atomic mass is 9.94. The molecule has 5 rings (SSSR count). The Morgan fingerprint density at radius 1 is 1.13 bits per heavy atom. The molecule has 2 N–H and O–H groups in total. The molecule has 1 aliphatic heterocycles. The quantitative estimate of drug-likeness (QED) is 0.675. The van der Waals surface area contributed by atoms with Crippen LogP contribution in [0.5, 0.6) is 0 Å². The second-order valence-electron chi connectivity index (χ2n) is 7.67. The normalized spacial score (nSPS) is 16.1. The highest BCUT2D eigenvalue weighted by molar-refractivity contribution is 5.89. The third-order valence-electron chi connectivity index (χ3n) is 5.71. The van der Waals surface area contributed by atoms with E-state index in [0.29, 0.717) is 35.8 Å². The highest BCUT2D eigenvalue weighted by atomic mass is 16.5. The zero-order valence-electron chi connectivity index (χ0n) is 16.6. The van der Waals surface area contributed by atoms with Crippen LogP contribution in [0, 0.1) is 0 Å². The SMILES string of the molecule is CN1CCN(c2ccc(Nc3ncc4c(n3)-c3onc(C(=O)O)c3CC4)cc2)CC1. The van der Waals surface area contributed by atoms with Crippen molar-refractivity contribution >= 4 is 23.3 Å². The first-order valence-corrected chi connectivity index (χ1v) is 9.97. The average Bonchev–Trinajstić information content (AvgIpc) is 3.20. The first-order chi connectivity index (χ1) is 14.6. The van der Waals surface area contributed by atoms with Crippen LogP contribution in [0.1, 0.15) is 21.6 Å². The number of aromatic carboxylic acids is 1. The summed E-state index contributed by atoms with van der Waals surface area (Å²) < 4.78 is 5.31. The van der Waals surface area contributed by atoms with E-state index in [0.717, 1.165) is 37.4 Å². The van der Waals surface area contributed by atoms with Crippen molar-refractivity contribution in [3.8, 4) is 11.5 Å². The fourth-order valence-electron chi connectivity index (χ4n) is 3.95. The van der Waals surface area contributed by atoms with E-state index in [1.165, 1.54) is 5.69 Å². The predicted molar refractivity (Wildman–Crippen MR) is 111 cm³/mol. The van der Waals surface area contributed by atoms with Crippen molar-refractivity contribution in [3.63, 3.8) is 0 Å². The number of aryl methyl sites for hydroxylation is 1. The fourth-order valence-corrected chi connectivity index (χ4v) is 3.95. The number of fused-ring (bicyclic) bond motifs is 3. The van der Waals surface area contributed by atoms with Gasteiger partial charge in [0.2, 0.25) is 5.95 Å². The lowest BCUT2D eigenvalue weighted by Gasteiger charge is -2.34. The van der Waals surface area contributed by atoms with Gasteiger partial charge in [0.25, 0.3) is 0 Å². The van der Waals surface area contributed by atoms with Gasteiger partial charge in [0.05, 0.1) is 0 Å². The summed E-state index contributed by atoms with van der Waals surface area (Å²) in [4.78, 5) is 25.0. The number of carboxylic acids is 1. The maximum Gasteiger partial charge on any atom is 0.358 e. The summed E-state index contributed by atoms with van der Waals surface area (Å²) in [6.45, 7) is 4.18. The molecular formula is C21H22N6O3. The molecule has 0 amide bonds. The zero-order chi connectivity index (χ0) is 20.7. The predicted octanol–water partition coefficient (Wildman–Crippen LogP) is 2.42. The van der Waals surface area contributed by atoms with Gasteiger partial charge in [0, 0.05) is 54.9 Å². The molecule has 1 fully saturated rings. The Bertz CT molecular complexity index is 1090. The van der Waals surface area contributed by atoms with Crippen molar-refractivity contribution in [3.05, 3.63) is 47.3 Å². The number of nitrogens with zero attached hydrogens (tertiary/aromatic N) is 5. The van der Waals surface area contributed by atoms with Crippen LogP contribution in [0.2, 0.25) is 0 Å². The number of nitrogens with one attached hydrogen (secondary N) is 1. The Morgan fingerprint density at radius 3 is 2.63 bits per heavy atom. The second-order valence-corrected chi connectivity index (χ2v) is 7.67. The minimum absolute atomic E-state index is 0.0386. The summed E-state index contributed by atoms with van der Waals surface area (Å²) in [6.07, 6.45) is 2.97. The van der Waals surface area contributed by atoms with E-state index in [1.807, 2.05) is 12.1 Å². The molecule has 0 unspecified atom stereocenters. The van der Waals surface area contributed by atoms with Crippen molar-refractivity contribution in [2.45, 2.75) is 12.8 Å². The number of aromatic nitrogens is 3. The van der Waals surface area contributed by atoms with E-state index in [9.17, 15) is 9.90 Å². The molecule has 2 aromatic heterocycles. The van der Waals surface area contributed by atoms with Crippen LogP contribution in [-0.4, -0.2) is 64.3 Å². The van der Waals surface area contributed by atoms with Gasteiger partial charge in [-0.3, -0.25) is 0 Å². The molecule has 9 nitrogen and oxygen atoms in total. The lowest BCUT2D eigenvalue weighted by molar-refractivity contribution is 0.0684. The lowest BCUT2D eigenvalue weighted by Crippen LogP contribution is -2.44. The summed E-state index contributed by atoms with van der Waals surface area (Å²) in [7, 11) is 2.15. The topological polar surface area (TPSA) is 108 Å². The summed E-state index contributed by atoms with van der Waals surface area (Å²) >= 11 is 0. The van der Waals surface area contributed by atoms with Gasteiger partial charge in [0.1, 0.15) is 5.69 Å². The molecule has 0 atom stereocenters.